The lowest BCUT2D eigenvalue weighted by Gasteiger charge is -2.23. The van der Waals surface area contributed by atoms with Gasteiger partial charge < -0.3 is 10.2 Å². The Morgan fingerprint density at radius 3 is 2.11 bits per heavy atom. The van der Waals surface area contributed by atoms with Crippen molar-refractivity contribution in [2.75, 3.05) is 24.2 Å². The number of nitrogens with one attached hydrogen (secondary N) is 1. The molecule has 0 fully saturated rings. The molecule has 0 aromatic heterocycles. The van der Waals surface area contributed by atoms with Crippen LogP contribution in [0.5, 0.6) is 0 Å². The van der Waals surface area contributed by atoms with Crippen LogP contribution in [0.2, 0.25) is 0 Å². The maximum atomic E-state index is 12.4. The number of amides is 1. The summed E-state index contributed by atoms with van der Waals surface area (Å²) in [5.41, 5.74) is 3.44. The molecule has 2 aromatic rings. The topological polar surface area (TPSA) is 66.5 Å². The zero-order valence-corrected chi connectivity index (χ0v) is 17.8. The summed E-state index contributed by atoms with van der Waals surface area (Å²) in [6.07, 6.45) is 3.53. The van der Waals surface area contributed by atoms with E-state index in [0.717, 1.165) is 42.7 Å². The molecule has 0 saturated heterocycles. The standard InChI is InChI=1S/C22H30N2O3S/c1-4-6-15-24(5-2)21-13-11-20(12-14-21)22(25)23-16-18-7-9-19(10-8-18)17-28(3,26)27/h7-14H,4-6,15-17H2,1-3H3,(H,23,25). The van der Waals surface area contributed by atoms with Crippen LogP contribution < -0.4 is 10.2 Å². The second kappa shape index (κ2) is 10.3. The molecule has 0 bridgehead atoms. The molecule has 0 saturated carbocycles. The average Bonchev–Trinajstić information content (AvgIpc) is 2.67. The lowest BCUT2D eigenvalue weighted by Crippen LogP contribution is -2.25. The van der Waals surface area contributed by atoms with Gasteiger partial charge >= 0.3 is 0 Å². The van der Waals surface area contributed by atoms with Gasteiger partial charge in [-0.15, -0.1) is 0 Å². The van der Waals surface area contributed by atoms with Gasteiger partial charge in [-0.3, -0.25) is 4.79 Å². The van der Waals surface area contributed by atoms with Crippen molar-refractivity contribution in [3.05, 3.63) is 65.2 Å². The summed E-state index contributed by atoms with van der Waals surface area (Å²) < 4.78 is 22.7. The quantitative estimate of drug-likeness (QED) is 0.657. The lowest BCUT2D eigenvalue weighted by atomic mass is 10.1. The van der Waals surface area contributed by atoms with Crippen LogP contribution in [0, 0.1) is 0 Å². The molecule has 0 spiro atoms. The Kier molecular flexibility index (Phi) is 8.05. The van der Waals surface area contributed by atoms with Crippen molar-refractivity contribution in [1.82, 2.24) is 5.32 Å². The zero-order chi connectivity index (χ0) is 20.6. The van der Waals surface area contributed by atoms with Crippen LogP contribution in [0.4, 0.5) is 5.69 Å². The van der Waals surface area contributed by atoms with Gasteiger partial charge in [0.05, 0.1) is 5.75 Å². The molecule has 0 radical (unpaired) electrons. The summed E-state index contributed by atoms with van der Waals surface area (Å²) in [5, 5.41) is 2.91. The Morgan fingerprint density at radius 2 is 1.57 bits per heavy atom. The van der Waals surface area contributed by atoms with E-state index in [2.05, 4.69) is 24.1 Å². The van der Waals surface area contributed by atoms with Gasteiger partial charge in [-0.25, -0.2) is 8.42 Å². The normalized spacial score (nSPS) is 11.2. The van der Waals surface area contributed by atoms with Crippen molar-refractivity contribution in [3.63, 3.8) is 0 Å². The van der Waals surface area contributed by atoms with Crippen molar-refractivity contribution >= 4 is 21.4 Å². The van der Waals surface area contributed by atoms with Crippen LogP contribution >= 0.6 is 0 Å². The number of carbonyl (C=O) groups excluding carboxylic acids is 1. The number of hydrogen-bond acceptors (Lipinski definition) is 4. The van der Waals surface area contributed by atoms with E-state index in [1.807, 2.05) is 36.4 Å². The highest BCUT2D eigenvalue weighted by atomic mass is 32.2. The second-order valence-corrected chi connectivity index (χ2v) is 9.19. The number of hydrogen-bond donors (Lipinski definition) is 1. The van der Waals surface area contributed by atoms with Crippen LogP contribution in [-0.2, 0) is 22.1 Å². The highest BCUT2D eigenvalue weighted by molar-refractivity contribution is 7.89. The Hall–Kier alpha value is -2.34. The van der Waals surface area contributed by atoms with E-state index in [0.29, 0.717) is 12.1 Å². The molecular formula is C22H30N2O3S. The molecule has 6 heteroatoms. The molecule has 0 atom stereocenters. The summed E-state index contributed by atoms with van der Waals surface area (Å²) in [7, 11) is -3.04. The molecule has 2 rings (SSSR count). The first-order valence-corrected chi connectivity index (χ1v) is 11.8. The van der Waals surface area contributed by atoms with Gasteiger partial charge in [-0.1, -0.05) is 37.6 Å². The number of benzene rings is 2. The molecule has 152 valence electrons. The van der Waals surface area contributed by atoms with Crippen LogP contribution in [-0.4, -0.2) is 33.7 Å². The summed E-state index contributed by atoms with van der Waals surface area (Å²) >= 11 is 0. The third-order valence-electron chi connectivity index (χ3n) is 4.56. The minimum absolute atomic E-state index is 0.0268. The third kappa shape index (κ3) is 7.00. The first kappa shape index (κ1) is 22.0. The van der Waals surface area contributed by atoms with Crippen molar-refractivity contribution in [2.45, 2.75) is 39.0 Å². The van der Waals surface area contributed by atoms with Gasteiger partial charge in [-0.2, -0.15) is 0 Å². The monoisotopic (exact) mass is 402 g/mol. The van der Waals surface area contributed by atoms with Gasteiger partial charge in [0.15, 0.2) is 9.84 Å². The summed E-state index contributed by atoms with van der Waals surface area (Å²) in [4.78, 5) is 14.7. The van der Waals surface area contributed by atoms with E-state index >= 15 is 0 Å². The number of nitrogens with zero attached hydrogens (tertiary/aromatic N) is 1. The minimum Gasteiger partial charge on any atom is -0.372 e. The lowest BCUT2D eigenvalue weighted by molar-refractivity contribution is 0.0951. The summed E-state index contributed by atoms with van der Waals surface area (Å²) in [6, 6.07) is 15.0. The minimum atomic E-state index is -3.04. The van der Waals surface area contributed by atoms with E-state index < -0.39 is 9.84 Å². The number of unbranched alkanes of at least 4 members (excludes halogenated alkanes) is 1. The maximum Gasteiger partial charge on any atom is 0.251 e. The Balaban J connectivity index is 1.92. The number of anilines is 1. The second-order valence-electron chi connectivity index (χ2n) is 7.05. The fourth-order valence-electron chi connectivity index (χ4n) is 2.98. The highest BCUT2D eigenvalue weighted by Gasteiger charge is 2.09. The Morgan fingerprint density at radius 1 is 0.964 bits per heavy atom. The van der Waals surface area contributed by atoms with E-state index in [1.165, 1.54) is 6.26 Å². The SMILES string of the molecule is CCCCN(CC)c1ccc(C(=O)NCc2ccc(CS(C)(=O)=O)cc2)cc1. The first-order chi connectivity index (χ1) is 13.3. The van der Waals surface area contributed by atoms with E-state index in [1.54, 1.807) is 12.1 Å². The molecule has 1 N–H and O–H groups in total. The molecule has 28 heavy (non-hydrogen) atoms. The predicted molar refractivity (Wildman–Crippen MR) is 115 cm³/mol. The van der Waals surface area contributed by atoms with Crippen molar-refractivity contribution in [3.8, 4) is 0 Å². The van der Waals surface area contributed by atoms with Gasteiger partial charge in [0.1, 0.15) is 0 Å². The van der Waals surface area contributed by atoms with E-state index in [-0.39, 0.29) is 11.7 Å². The average molecular weight is 403 g/mol. The van der Waals surface area contributed by atoms with Gasteiger partial charge in [0.2, 0.25) is 0 Å². The van der Waals surface area contributed by atoms with Crippen LogP contribution in [0.3, 0.4) is 0 Å². The zero-order valence-electron chi connectivity index (χ0n) is 16.9. The molecule has 1 amide bonds. The fourth-order valence-corrected chi connectivity index (χ4v) is 3.78. The molecule has 0 heterocycles. The Bertz CT molecular complexity index is 860. The maximum absolute atomic E-state index is 12.4. The van der Waals surface area contributed by atoms with E-state index in [9.17, 15) is 13.2 Å². The number of sulfone groups is 1. The Labute approximate surface area is 168 Å². The predicted octanol–water partition coefficient (Wildman–Crippen LogP) is 3.79. The molecule has 2 aromatic carbocycles. The molecule has 0 aliphatic heterocycles. The molecular weight excluding hydrogens is 372 g/mol. The van der Waals surface area contributed by atoms with Gasteiger partial charge in [0.25, 0.3) is 5.91 Å². The van der Waals surface area contributed by atoms with Crippen molar-refractivity contribution in [1.29, 1.82) is 0 Å². The number of carbonyl (C=O) groups is 1. The molecule has 5 nitrogen and oxygen atoms in total. The van der Waals surface area contributed by atoms with Crippen LogP contribution in [0.25, 0.3) is 0 Å². The smallest absolute Gasteiger partial charge is 0.251 e. The van der Waals surface area contributed by atoms with Crippen molar-refractivity contribution in [2.24, 2.45) is 0 Å². The van der Waals surface area contributed by atoms with Gasteiger partial charge in [-0.05, 0) is 48.7 Å². The summed E-state index contributed by atoms with van der Waals surface area (Å²) in [5.74, 6) is -0.0951. The largest absolute Gasteiger partial charge is 0.372 e. The first-order valence-electron chi connectivity index (χ1n) is 9.71. The third-order valence-corrected chi connectivity index (χ3v) is 5.42. The summed E-state index contributed by atoms with van der Waals surface area (Å²) in [6.45, 7) is 6.68. The highest BCUT2D eigenvalue weighted by Crippen LogP contribution is 2.16. The molecule has 0 unspecified atom stereocenters. The van der Waals surface area contributed by atoms with E-state index in [4.69, 9.17) is 0 Å². The van der Waals surface area contributed by atoms with Crippen LogP contribution in [0.15, 0.2) is 48.5 Å². The number of rotatable bonds is 10. The molecule has 0 aliphatic rings. The fraction of sp³-hybridized carbons (Fsp3) is 0.409. The molecule has 0 aliphatic carbocycles. The van der Waals surface area contributed by atoms with Crippen LogP contribution in [0.1, 0.15) is 48.2 Å². The van der Waals surface area contributed by atoms with Crippen molar-refractivity contribution < 1.29 is 13.2 Å². The van der Waals surface area contributed by atoms with Gasteiger partial charge in [0, 0.05) is 37.1 Å².